The van der Waals surface area contributed by atoms with E-state index in [1.54, 1.807) is 14.2 Å². The van der Waals surface area contributed by atoms with Gasteiger partial charge in [-0.15, -0.1) is 0 Å². The smallest absolute Gasteiger partial charge is 0.178 e. The first-order valence-corrected chi connectivity index (χ1v) is 2.79. The van der Waals surface area contributed by atoms with Gasteiger partial charge in [0.05, 0.1) is 0 Å². The molecule has 0 N–H and O–H groups in total. The van der Waals surface area contributed by atoms with Crippen molar-refractivity contribution in [2.45, 2.75) is 19.0 Å². The molecule has 0 heterocycles. The average molecular weight is 116 g/mol. The van der Waals surface area contributed by atoms with Gasteiger partial charge in [0, 0.05) is 14.2 Å². The Bertz CT molecular complexity index is 53.2. The molecule has 48 valence electrons. The van der Waals surface area contributed by atoms with Gasteiger partial charge in [-0.05, 0) is 6.42 Å². The predicted octanol–water partition coefficient (Wildman–Crippen LogP) is -0.0239. The molecule has 8 heavy (non-hydrogen) atoms. The summed E-state index contributed by atoms with van der Waals surface area (Å²) in [5, 5.41) is 0. The van der Waals surface area contributed by atoms with Gasteiger partial charge in [-0.1, -0.05) is 6.92 Å². The first-order chi connectivity index (χ1) is 3.68. The Kier molecular flexibility index (Phi) is 3.09. The van der Waals surface area contributed by atoms with Crippen molar-refractivity contribution >= 4 is 7.85 Å². The second-order valence-corrected chi connectivity index (χ2v) is 1.90. The zero-order valence-electron chi connectivity index (χ0n) is 6.02. The quantitative estimate of drug-likeness (QED) is 0.381. The Morgan fingerprint density at radius 3 is 1.75 bits per heavy atom. The molecule has 0 aromatic carbocycles. The highest BCUT2D eigenvalue weighted by Crippen LogP contribution is 2.08. The van der Waals surface area contributed by atoms with Crippen LogP contribution in [-0.4, -0.2) is 27.8 Å². The molecule has 0 aliphatic carbocycles. The molecule has 0 aliphatic heterocycles. The normalized spacial score (nSPS) is 11.9. The van der Waals surface area contributed by atoms with E-state index in [2.05, 4.69) is 0 Å². The van der Waals surface area contributed by atoms with Crippen molar-refractivity contribution in [1.82, 2.24) is 0 Å². The Labute approximate surface area is 51.6 Å². The van der Waals surface area contributed by atoms with E-state index in [0.717, 1.165) is 6.42 Å². The SMILES string of the molecule is BC(CC)(OC)OC. The summed E-state index contributed by atoms with van der Waals surface area (Å²) >= 11 is 0. The lowest BCUT2D eigenvalue weighted by atomic mass is 9.92. The lowest BCUT2D eigenvalue weighted by molar-refractivity contribution is -0.142. The second-order valence-electron chi connectivity index (χ2n) is 1.90. The zero-order chi connectivity index (χ0) is 6.62. The molecule has 0 aromatic rings. The Morgan fingerprint density at radius 2 is 1.75 bits per heavy atom. The topological polar surface area (TPSA) is 18.5 Å². The van der Waals surface area contributed by atoms with E-state index in [-0.39, 0.29) is 5.69 Å². The monoisotopic (exact) mass is 116 g/mol. The molecule has 0 amide bonds. The summed E-state index contributed by atoms with van der Waals surface area (Å²) in [6, 6.07) is 0. The van der Waals surface area contributed by atoms with Crippen LogP contribution in [0.2, 0.25) is 0 Å². The molecule has 0 radical (unpaired) electrons. The van der Waals surface area contributed by atoms with Crippen molar-refractivity contribution in [2.75, 3.05) is 14.2 Å². The van der Waals surface area contributed by atoms with Crippen molar-refractivity contribution in [1.29, 1.82) is 0 Å². The van der Waals surface area contributed by atoms with E-state index in [1.165, 1.54) is 0 Å². The second kappa shape index (κ2) is 3.10. The average Bonchev–Trinajstić information content (AvgIpc) is 1.87. The number of methoxy groups -OCH3 is 2. The molecule has 0 fully saturated rings. The van der Waals surface area contributed by atoms with Crippen LogP contribution in [0.3, 0.4) is 0 Å². The molecule has 0 rings (SSSR count). The standard InChI is InChI=1S/C5H13BO2/c1-4-5(6,7-2)8-3/h4,6H2,1-3H3. The molecule has 3 heteroatoms. The fourth-order valence-corrected chi connectivity index (χ4v) is 0.372. The Hall–Kier alpha value is -0.0151. The molecule has 0 aromatic heterocycles. The largest absolute Gasteiger partial charge is 0.362 e. The Morgan fingerprint density at radius 1 is 1.38 bits per heavy atom. The van der Waals surface area contributed by atoms with Crippen LogP contribution in [-0.2, 0) is 9.47 Å². The minimum Gasteiger partial charge on any atom is -0.362 e. The van der Waals surface area contributed by atoms with E-state index in [1.807, 2.05) is 14.8 Å². The maximum atomic E-state index is 5.01. The summed E-state index contributed by atoms with van der Waals surface area (Å²) in [4.78, 5) is 0. The van der Waals surface area contributed by atoms with Gasteiger partial charge < -0.3 is 9.47 Å². The maximum Gasteiger partial charge on any atom is 0.178 e. The highest BCUT2D eigenvalue weighted by molar-refractivity contribution is 6.13. The van der Waals surface area contributed by atoms with E-state index in [9.17, 15) is 0 Å². The lowest BCUT2D eigenvalue weighted by Crippen LogP contribution is -2.32. The van der Waals surface area contributed by atoms with Gasteiger partial charge in [-0.2, -0.15) is 0 Å². The van der Waals surface area contributed by atoms with E-state index in [0.29, 0.717) is 0 Å². The van der Waals surface area contributed by atoms with Gasteiger partial charge in [0.25, 0.3) is 0 Å². The molecular weight excluding hydrogens is 103 g/mol. The van der Waals surface area contributed by atoms with Crippen LogP contribution >= 0.6 is 0 Å². The molecule has 0 saturated heterocycles. The third-order valence-electron chi connectivity index (χ3n) is 1.51. The van der Waals surface area contributed by atoms with Crippen LogP contribution < -0.4 is 0 Å². The van der Waals surface area contributed by atoms with Crippen molar-refractivity contribution in [3.63, 3.8) is 0 Å². The highest BCUT2D eigenvalue weighted by Gasteiger charge is 2.18. The van der Waals surface area contributed by atoms with Crippen LogP contribution in [0.15, 0.2) is 0 Å². The molecular formula is C5H13BO2. The third kappa shape index (κ3) is 1.84. The van der Waals surface area contributed by atoms with Gasteiger partial charge in [-0.25, -0.2) is 0 Å². The van der Waals surface area contributed by atoms with Crippen molar-refractivity contribution in [3.8, 4) is 0 Å². The number of rotatable bonds is 3. The summed E-state index contributed by atoms with van der Waals surface area (Å²) < 4.78 is 10.0. The molecule has 2 nitrogen and oxygen atoms in total. The third-order valence-corrected chi connectivity index (χ3v) is 1.51. The summed E-state index contributed by atoms with van der Waals surface area (Å²) in [5.74, 6) is 0. The zero-order valence-corrected chi connectivity index (χ0v) is 6.02. The van der Waals surface area contributed by atoms with Gasteiger partial charge in [0.2, 0.25) is 0 Å². The van der Waals surface area contributed by atoms with E-state index >= 15 is 0 Å². The van der Waals surface area contributed by atoms with Gasteiger partial charge in [-0.3, -0.25) is 0 Å². The minimum atomic E-state index is -0.375. The van der Waals surface area contributed by atoms with Crippen LogP contribution in [0.4, 0.5) is 0 Å². The number of hydrogen-bond acceptors (Lipinski definition) is 2. The molecule has 0 spiro atoms. The van der Waals surface area contributed by atoms with Crippen LogP contribution in [0.5, 0.6) is 0 Å². The predicted molar refractivity (Wildman–Crippen MR) is 35.6 cm³/mol. The van der Waals surface area contributed by atoms with Crippen molar-refractivity contribution < 1.29 is 9.47 Å². The lowest BCUT2D eigenvalue weighted by Gasteiger charge is -2.24. The maximum absolute atomic E-state index is 5.01. The summed E-state index contributed by atoms with van der Waals surface area (Å²) in [7, 11) is 5.20. The van der Waals surface area contributed by atoms with Gasteiger partial charge in [0.15, 0.2) is 7.85 Å². The fourth-order valence-electron chi connectivity index (χ4n) is 0.372. The van der Waals surface area contributed by atoms with Gasteiger partial charge in [0.1, 0.15) is 5.69 Å². The van der Waals surface area contributed by atoms with Crippen LogP contribution in [0.1, 0.15) is 13.3 Å². The minimum absolute atomic E-state index is 0.375. The van der Waals surface area contributed by atoms with Gasteiger partial charge >= 0.3 is 0 Å². The van der Waals surface area contributed by atoms with E-state index < -0.39 is 0 Å². The first kappa shape index (κ1) is 7.98. The van der Waals surface area contributed by atoms with E-state index in [4.69, 9.17) is 9.47 Å². The molecule has 0 unspecified atom stereocenters. The Balaban J connectivity index is 3.58. The number of hydrogen-bond donors (Lipinski definition) is 0. The molecule has 0 atom stereocenters. The van der Waals surface area contributed by atoms with Crippen LogP contribution in [0, 0.1) is 0 Å². The van der Waals surface area contributed by atoms with Crippen LogP contribution in [0.25, 0.3) is 0 Å². The summed E-state index contributed by atoms with van der Waals surface area (Å²) in [5.41, 5.74) is -0.375. The van der Waals surface area contributed by atoms with Crippen molar-refractivity contribution in [2.24, 2.45) is 0 Å². The summed E-state index contributed by atoms with van der Waals surface area (Å²) in [6.07, 6.45) is 0.875. The number of ether oxygens (including phenoxy) is 2. The molecule has 0 aliphatic rings. The fraction of sp³-hybridized carbons (Fsp3) is 1.00. The molecule has 0 saturated carbocycles. The first-order valence-electron chi connectivity index (χ1n) is 2.79. The highest BCUT2D eigenvalue weighted by atomic mass is 16.7. The summed E-state index contributed by atoms with van der Waals surface area (Å²) in [6.45, 7) is 2.02. The molecule has 0 bridgehead atoms. The van der Waals surface area contributed by atoms with Crippen molar-refractivity contribution in [3.05, 3.63) is 0 Å².